The summed E-state index contributed by atoms with van der Waals surface area (Å²) >= 11 is 6.08. The van der Waals surface area contributed by atoms with Crippen molar-refractivity contribution in [2.45, 2.75) is 0 Å². The molecule has 1 aliphatic rings. The van der Waals surface area contributed by atoms with Crippen molar-refractivity contribution >= 4 is 28.8 Å². The topological polar surface area (TPSA) is 88.3 Å². The second kappa shape index (κ2) is 9.44. The fraction of sp³-hybridized carbons (Fsp3) is 0.160. The molecule has 0 N–H and O–H groups in total. The van der Waals surface area contributed by atoms with Gasteiger partial charge in [0.05, 0.1) is 10.6 Å². The van der Waals surface area contributed by atoms with Gasteiger partial charge in [0.25, 0.3) is 5.69 Å². The zero-order chi connectivity index (χ0) is 23.5. The van der Waals surface area contributed by atoms with Crippen LogP contribution in [0.1, 0.15) is 0 Å². The van der Waals surface area contributed by atoms with Crippen LogP contribution in [0.5, 0.6) is 0 Å². The van der Waals surface area contributed by atoms with E-state index in [1.807, 2.05) is 42.5 Å². The monoisotopic (exact) mass is 472 g/mol. The first kappa shape index (κ1) is 21.8. The van der Waals surface area contributed by atoms with Crippen LogP contribution >= 0.6 is 11.6 Å². The fourth-order valence-corrected chi connectivity index (χ4v) is 4.09. The summed E-state index contributed by atoms with van der Waals surface area (Å²) in [7, 11) is 0. The molecule has 1 aliphatic heterocycles. The standard InChI is InChI=1S/C25H21ClN6O2/c26-20-5-3-18(4-6-20)23-16-24(29-25(28-23)19-2-1-11-27-17-19)31-14-12-30(13-15-31)21-7-9-22(10-8-21)32(33)34/h1-11,16-17H,12-15H2. The first-order valence-electron chi connectivity index (χ1n) is 10.9. The lowest BCUT2D eigenvalue weighted by Gasteiger charge is -2.36. The molecule has 0 radical (unpaired) electrons. The Morgan fingerprint density at radius 2 is 1.56 bits per heavy atom. The molecule has 0 bridgehead atoms. The number of piperazine rings is 1. The molecule has 1 saturated heterocycles. The van der Waals surface area contributed by atoms with Crippen molar-refractivity contribution in [3.63, 3.8) is 0 Å². The third kappa shape index (κ3) is 4.67. The molecule has 170 valence electrons. The van der Waals surface area contributed by atoms with Gasteiger partial charge in [-0.2, -0.15) is 0 Å². The van der Waals surface area contributed by atoms with Crippen molar-refractivity contribution in [2.75, 3.05) is 36.0 Å². The largest absolute Gasteiger partial charge is 0.368 e. The van der Waals surface area contributed by atoms with Crippen molar-refractivity contribution in [1.82, 2.24) is 15.0 Å². The number of hydrogen-bond donors (Lipinski definition) is 0. The summed E-state index contributed by atoms with van der Waals surface area (Å²) < 4.78 is 0. The summed E-state index contributed by atoms with van der Waals surface area (Å²) in [6, 6.07) is 20.1. The number of halogens is 1. The van der Waals surface area contributed by atoms with Gasteiger partial charge in [0, 0.05) is 78.6 Å². The summed E-state index contributed by atoms with van der Waals surface area (Å²) in [6.45, 7) is 3.09. The molecule has 0 spiro atoms. The third-order valence-corrected chi connectivity index (χ3v) is 6.05. The van der Waals surface area contributed by atoms with E-state index in [1.165, 1.54) is 0 Å². The Kier molecular flexibility index (Phi) is 6.05. The Morgan fingerprint density at radius 3 is 2.21 bits per heavy atom. The minimum atomic E-state index is -0.380. The van der Waals surface area contributed by atoms with Gasteiger partial charge in [-0.05, 0) is 36.4 Å². The highest BCUT2D eigenvalue weighted by atomic mass is 35.5. The third-order valence-electron chi connectivity index (χ3n) is 5.80. The molecule has 34 heavy (non-hydrogen) atoms. The van der Waals surface area contributed by atoms with Crippen LogP contribution in [0.25, 0.3) is 22.6 Å². The Labute approximate surface area is 201 Å². The van der Waals surface area contributed by atoms with Crippen LogP contribution < -0.4 is 9.80 Å². The maximum absolute atomic E-state index is 10.9. The number of nitrogens with zero attached hydrogens (tertiary/aromatic N) is 6. The van der Waals surface area contributed by atoms with Crippen LogP contribution in [0.4, 0.5) is 17.2 Å². The van der Waals surface area contributed by atoms with Crippen molar-refractivity contribution in [1.29, 1.82) is 0 Å². The second-order valence-corrected chi connectivity index (χ2v) is 8.37. The van der Waals surface area contributed by atoms with Crippen LogP contribution in [0.2, 0.25) is 5.02 Å². The quantitative estimate of drug-likeness (QED) is 0.295. The number of aromatic nitrogens is 3. The highest BCUT2D eigenvalue weighted by Gasteiger charge is 2.21. The Morgan fingerprint density at radius 1 is 0.853 bits per heavy atom. The lowest BCUT2D eigenvalue weighted by atomic mass is 10.1. The van der Waals surface area contributed by atoms with Gasteiger partial charge in [-0.1, -0.05) is 23.7 Å². The van der Waals surface area contributed by atoms with Gasteiger partial charge in [-0.15, -0.1) is 0 Å². The predicted octanol–water partition coefficient (Wildman–Crippen LogP) is 5.09. The molecule has 3 heterocycles. The van der Waals surface area contributed by atoms with Crippen molar-refractivity contribution in [3.05, 3.63) is 94.3 Å². The lowest BCUT2D eigenvalue weighted by Crippen LogP contribution is -2.46. The van der Waals surface area contributed by atoms with E-state index in [9.17, 15) is 10.1 Å². The SMILES string of the molecule is O=[N+]([O-])c1ccc(N2CCN(c3cc(-c4ccc(Cl)cc4)nc(-c4cccnc4)n3)CC2)cc1. The Balaban J connectivity index is 1.41. The van der Waals surface area contributed by atoms with Crippen LogP contribution in [0, 0.1) is 10.1 Å². The Hall–Kier alpha value is -4.04. The molecule has 2 aromatic heterocycles. The van der Waals surface area contributed by atoms with Crippen molar-refractivity contribution in [2.24, 2.45) is 0 Å². The van der Waals surface area contributed by atoms with E-state index in [2.05, 4.69) is 14.8 Å². The molecule has 2 aromatic carbocycles. The number of anilines is 2. The first-order valence-corrected chi connectivity index (χ1v) is 11.2. The molecule has 0 unspecified atom stereocenters. The molecular formula is C25H21ClN6O2. The van der Waals surface area contributed by atoms with Crippen LogP contribution in [0.15, 0.2) is 79.1 Å². The van der Waals surface area contributed by atoms with E-state index in [0.29, 0.717) is 10.8 Å². The van der Waals surface area contributed by atoms with Gasteiger partial charge >= 0.3 is 0 Å². The molecule has 8 nitrogen and oxygen atoms in total. The van der Waals surface area contributed by atoms with E-state index in [-0.39, 0.29) is 10.6 Å². The summed E-state index contributed by atoms with van der Waals surface area (Å²) in [4.78, 5) is 28.9. The summed E-state index contributed by atoms with van der Waals surface area (Å²) in [6.07, 6.45) is 3.49. The predicted molar refractivity (Wildman–Crippen MR) is 133 cm³/mol. The normalized spacial score (nSPS) is 13.7. The molecule has 0 amide bonds. The van der Waals surface area contributed by atoms with E-state index < -0.39 is 0 Å². The number of hydrogen-bond acceptors (Lipinski definition) is 7. The average molecular weight is 473 g/mol. The Bertz CT molecular complexity index is 1290. The van der Waals surface area contributed by atoms with Gasteiger partial charge < -0.3 is 9.80 Å². The highest BCUT2D eigenvalue weighted by Crippen LogP contribution is 2.28. The van der Waals surface area contributed by atoms with Crippen molar-refractivity contribution < 1.29 is 4.92 Å². The first-order chi connectivity index (χ1) is 16.6. The second-order valence-electron chi connectivity index (χ2n) is 7.93. The van der Waals surface area contributed by atoms with E-state index in [4.69, 9.17) is 21.6 Å². The fourth-order valence-electron chi connectivity index (χ4n) is 3.97. The zero-order valence-electron chi connectivity index (χ0n) is 18.2. The molecule has 9 heteroatoms. The van der Waals surface area contributed by atoms with Gasteiger partial charge in [0.15, 0.2) is 5.82 Å². The summed E-state index contributed by atoms with van der Waals surface area (Å²) in [5.74, 6) is 1.47. The van der Waals surface area contributed by atoms with Gasteiger partial charge in [-0.25, -0.2) is 9.97 Å². The van der Waals surface area contributed by atoms with Crippen LogP contribution in [-0.2, 0) is 0 Å². The molecular weight excluding hydrogens is 452 g/mol. The number of non-ortho nitro benzene ring substituents is 1. The lowest BCUT2D eigenvalue weighted by molar-refractivity contribution is -0.384. The molecule has 5 rings (SSSR count). The average Bonchev–Trinajstić information content (AvgIpc) is 2.89. The van der Waals surface area contributed by atoms with E-state index in [0.717, 1.165) is 54.5 Å². The van der Waals surface area contributed by atoms with Gasteiger partial charge in [0.1, 0.15) is 5.82 Å². The van der Waals surface area contributed by atoms with Crippen molar-refractivity contribution in [3.8, 4) is 22.6 Å². The van der Waals surface area contributed by atoms with Crippen LogP contribution in [0.3, 0.4) is 0 Å². The van der Waals surface area contributed by atoms with Gasteiger partial charge in [-0.3, -0.25) is 15.1 Å². The number of pyridine rings is 1. The number of nitro benzene ring substituents is 1. The highest BCUT2D eigenvalue weighted by molar-refractivity contribution is 6.30. The van der Waals surface area contributed by atoms with E-state index >= 15 is 0 Å². The molecule has 0 saturated carbocycles. The number of nitro groups is 1. The van der Waals surface area contributed by atoms with Crippen LogP contribution in [-0.4, -0.2) is 46.1 Å². The molecule has 1 fully saturated rings. The molecule has 0 atom stereocenters. The number of rotatable bonds is 5. The minimum Gasteiger partial charge on any atom is -0.368 e. The maximum atomic E-state index is 10.9. The molecule has 0 aliphatic carbocycles. The summed E-state index contributed by atoms with van der Waals surface area (Å²) in [5.41, 5.74) is 3.71. The van der Waals surface area contributed by atoms with Gasteiger partial charge in [0.2, 0.25) is 0 Å². The minimum absolute atomic E-state index is 0.0982. The number of benzene rings is 2. The zero-order valence-corrected chi connectivity index (χ0v) is 19.0. The smallest absolute Gasteiger partial charge is 0.269 e. The maximum Gasteiger partial charge on any atom is 0.269 e. The molecule has 4 aromatic rings. The summed E-state index contributed by atoms with van der Waals surface area (Å²) in [5, 5.41) is 11.6. The van der Waals surface area contributed by atoms with E-state index in [1.54, 1.807) is 36.7 Å².